The van der Waals surface area contributed by atoms with Gasteiger partial charge in [0.15, 0.2) is 0 Å². The van der Waals surface area contributed by atoms with Gasteiger partial charge in [0.1, 0.15) is 5.69 Å². The highest BCUT2D eigenvalue weighted by molar-refractivity contribution is 6.03. The van der Waals surface area contributed by atoms with E-state index in [0.29, 0.717) is 12.8 Å². The zero-order valence-electron chi connectivity index (χ0n) is 10.4. The Labute approximate surface area is 110 Å². The molecule has 1 heterocycles. The van der Waals surface area contributed by atoms with Gasteiger partial charge in [-0.1, -0.05) is 12.8 Å². The number of carbonyl (C=O) groups is 2. The van der Waals surface area contributed by atoms with Crippen molar-refractivity contribution in [1.82, 2.24) is 10.3 Å². The van der Waals surface area contributed by atoms with E-state index in [4.69, 9.17) is 5.11 Å². The molecule has 0 aromatic carbocycles. The van der Waals surface area contributed by atoms with E-state index in [0.717, 1.165) is 12.8 Å². The number of aliphatic hydroxyl groups excluding tert-OH is 1. The van der Waals surface area contributed by atoms with Crippen LogP contribution in [0, 0.1) is 0 Å². The maximum atomic E-state index is 12.1. The minimum absolute atomic E-state index is 0.116. The lowest BCUT2D eigenvalue weighted by atomic mass is 9.98. The standard InChI is InChI=1S/C13H16N2O4/c16-8-13(5-1-2-6-13)15-11(17)10-9(12(18)19)4-3-7-14-10/h3-4,7,16H,1-2,5-6,8H2,(H,15,17)(H,18,19). The molecular formula is C13H16N2O4. The number of aromatic carboxylic acids is 1. The highest BCUT2D eigenvalue weighted by Crippen LogP contribution is 2.29. The molecule has 1 aliphatic rings. The molecule has 19 heavy (non-hydrogen) atoms. The van der Waals surface area contributed by atoms with Gasteiger partial charge in [0, 0.05) is 6.20 Å². The van der Waals surface area contributed by atoms with E-state index < -0.39 is 17.4 Å². The van der Waals surface area contributed by atoms with E-state index in [1.165, 1.54) is 18.3 Å². The molecule has 0 spiro atoms. The Bertz CT molecular complexity index is 495. The number of hydrogen-bond acceptors (Lipinski definition) is 4. The molecule has 0 radical (unpaired) electrons. The minimum atomic E-state index is -1.19. The summed E-state index contributed by atoms with van der Waals surface area (Å²) in [5.41, 5.74) is -0.884. The molecule has 1 aromatic heterocycles. The summed E-state index contributed by atoms with van der Waals surface area (Å²) in [4.78, 5) is 27.0. The Morgan fingerprint density at radius 3 is 2.63 bits per heavy atom. The number of rotatable bonds is 4. The maximum absolute atomic E-state index is 12.1. The van der Waals surface area contributed by atoms with E-state index in [1.807, 2.05) is 0 Å². The summed E-state index contributed by atoms with van der Waals surface area (Å²) >= 11 is 0. The lowest BCUT2D eigenvalue weighted by molar-refractivity contribution is 0.0685. The maximum Gasteiger partial charge on any atom is 0.338 e. The Hall–Kier alpha value is -1.95. The zero-order chi connectivity index (χ0) is 13.9. The molecule has 1 saturated carbocycles. The fourth-order valence-electron chi connectivity index (χ4n) is 2.43. The predicted molar refractivity (Wildman–Crippen MR) is 66.9 cm³/mol. The van der Waals surface area contributed by atoms with Gasteiger partial charge in [-0.15, -0.1) is 0 Å². The van der Waals surface area contributed by atoms with Crippen molar-refractivity contribution in [2.24, 2.45) is 0 Å². The van der Waals surface area contributed by atoms with Crippen molar-refractivity contribution in [3.8, 4) is 0 Å². The van der Waals surface area contributed by atoms with Gasteiger partial charge in [-0.2, -0.15) is 0 Å². The molecule has 102 valence electrons. The van der Waals surface area contributed by atoms with Crippen LogP contribution in [0.2, 0.25) is 0 Å². The van der Waals surface area contributed by atoms with Gasteiger partial charge in [-0.25, -0.2) is 4.79 Å². The van der Waals surface area contributed by atoms with Crippen LogP contribution in [-0.2, 0) is 0 Å². The van der Waals surface area contributed by atoms with Gasteiger partial charge >= 0.3 is 5.97 Å². The van der Waals surface area contributed by atoms with E-state index in [1.54, 1.807) is 0 Å². The number of amides is 1. The molecule has 0 aliphatic heterocycles. The number of carbonyl (C=O) groups excluding carboxylic acids is 1. The summed E-state index contributed by atoms with van der Waals surface area (Å²) in [5, 5.41) is 21.2. The molecule has 1 aliphatic carbocycles. The number of carboxylic acid groups (broad SMARTS) is 1. The van der Waals surface area contributed by atoms with Crippen LogP contribution in [0.25, 0.3) is 0 Å². The minimum Gasteiger partial charge on any atom is -0.478 e. The first kappa shape index (κ1) is 13.5. The smallest absolute Gasteiger partial charge is 0.338 e. The summed E-state index contributed by atoms with van der Waals surface area (Å²) in [7, 11) is 0. The highest BCUT2D eigenvalue weighted by atomic mass is 16.4. The first-order valence-corrected chi connectivity index (χ1v) is 6.20. The number of aliphatic hydroxyl groups is 1. The largest absolute Gasteiger partial charge is 0.478 e. The summed E-state index contributed by atoms with van der Waals surface area (Å²) in [6.45, 7) is -0.145. The number of carboxylic acids is 1. The number of nitrogens with zero attached hydrogens (tertiary/aromatic N) is 1. The fraction of sp³-hybridized carbons (Fsp3) is 0.462. The summed E-state index contributed by atoms with van der Waals surface area (Å²) in [6, 6.07) is 2.81. The van der Waals surface area contributed by atoms with Crippen molar-refractivity contribution in [3.05, 3.63) is 29.6 Å². The van der Waals surface area contributed by atoms with Crippen LogP contribution in [0.5, 0.6) is 0 Å². The molecule has 6 heteroatoms. The van der Waals surface area contributed by atoms with Gasteiger partial charge < -0.3 is 15.5 Å². The Balaban J connectivity index is 2.23. The molecule has 1 amide bonds. The normalized spacial score (nSPS) is 17.1. The predicted octanol–water partition coefficient (Wildman–Crippen LogP) is 0.815. The number of pyridine rings is 1. The van der Waals surface area contributed by atoms with Crippen LogP contribution in [0.1, 0.15) is 46.5 Å². The van der Waals surface area contributed by atoms with Gasteiger partial charge in [0.05, 0.1) is 17.7 Å². The molecule has 3 N–H and O–H groups in total. The van der Waals surface area contributed by atoms with Crippen molar-refractivity contribution in [1.29, 1.82) is 0 Å². The van der Waals surface area contributed by atoms with Crippen LogP contribution in [0.4, 0.5) is 0 Å². The average Bonchev–Trinajstić information content (AvgIpc) is 2.87. The third kappa shape index (κ3) is 2.73. The monoisotopic (exact) mass is 264 g/mol. The Morgan fingerprint density at radius 2 is 2.05 bits per heavy atom. The number of aromatic nitrogens is 1. The van der Waals surface area contributed by atoms with Crippen LogP contribution < -0.4 is 5.32 Å². The van der Waals surface area contributed by atoms with Crippen LogP contribution >= 0.6 is 0 Å². The molecule has 1 fully saturated rings. The van der Waals surface area contributed by atoms with E-state index in [9.17, 15) is 14.7 Å². The van der Waals surface area contributed by atoms with Gasteiger partial charge in [-0.3, -0.25) is 9.78 Å². The van der Waals surface area contributed by atoms with Crippen molar-refractivity contribution >= 4 is 11.9 Å². The molecule has 0 atom stereocenters. The van der Waals surface area contributed by atoms with Crippen LogP contribution in [-0.4, -0.2) is 39.2 Å². The topological polar surface area (TPSA) is 99.5 Å². The van der Waals surface area contributed by atoms with Crippen LogP contribution in [0.3, 0.4) is 0 Å². The van der Waals surface area contributed by atoms with Gasteiger partial charge in [-0.05, 0) is 25.0 Å². The zero-order valence-corrected chi connectivity index (χ0v) is 10.4. The van der Waals surface area contributed by atoms with Crippen molar-refractivity contribution in [2.75, 3.05) is 6.61 Å². The fourth-order valence-corrected chi connectivity index (χ4v) is 2.43. The van der Waals surface area contributed by atoms with E-state index >= 15 is 0 Å². The SMILES string of the molecule is O=C(O)c1cccnc1C(=O)NC1(CO)CCCC1. The summed E-state index contributed by atoms with van der Waals surface area (Å²) < 4.78 is 0. The number of nitrogens with one attached hydrogen (secondary N) is 1. The quantitative estimate of drug-likeness (QED) is 0.747. The molecule has 1 aromatic rings. The Morgan fingerprint density at radius 1 is 1.37 bits per heavy atom. The number of hydrogen-bond donors (Lipinski definition) is 3. The van der Waals surface area contributed by atoms with Gasteiger partial charge in [0.2, 0.25) is 0 Å². The van der Waals surface area contributed by atoms with E-state index in [-0.39, 0.29) is 17.9 Å². The summed E-state index contributed by atoms with van der Waals surface area (Å²) in [6.07, 6.45) is 4.65. The van der Waals surface area contributed by atoms with Crippen molar-refractivity contribution in [3.63, 3.8) is 0 Å². The van der Waals surface area contributed by atoms with Crippen molar-refractivity contribution in [2.45, 2.75) is 31.2 Å². The first-order valence-electron chi connectivity index (χ1n) is 6.20. The summed E-state index contributed by atoms with van der Waals surface area (Å²) in [5.74, 6) is -1.74. The Kier molecular flexibility index (Phi) is 3.80. The molecule has 6 nitrogen and oxygen atoms in total. The van der Waals surface area contributed by atoms with E-state index in [2.05, 4.69) is 10.3 Å². The third-order valence-corrected chi connectivity index (χ3v) is 3.50. The van der Waals surface area contributed by atoms with Gasteiger partial charge in [0.25, 0.3) is 5.91 Å². The first-order chi connectivity index (χ1) is 9.08. The van der Waals surface area contributed by atoms with Crippen LogP contribution in [0.15, 0.2) is 18.3 Å². The molecule has 0 unspecified atom stereocenters. The third-order valence-electron chi connectivity index (χ3n) is 3.50. The molecule has 0 bridgehead atoms. The second-order valence-electron chi connectivity index (χ2n) is 4.80. The van der Waals surface area contributed by atoms with Crippen molar-refractivity contribution < 1.29 is 19.8 Å². The highest BCUT2D eigenvalue weighted by Gasteiger charge is 2.35. The second kappa shape index (κ2) is 5.36. The molecule has 2 rings (SSSR count). The second-order valence-corrected chi connectivity index (χ2v) is 4.80. The molecule has 0 saturated heterocycles. The average molecular weight is 264 g/mol. The lowest BCUT2D eigenvalue weighted by Gasteiger charge is -2.27. The molecular weight excluding hydrogens is 248 g/mol. The lowest BCUT2D eigenvalue weighted by Crippen LogP contribution is -2.49.